The molecular weight excluding hydrogens is 208 g/mol. The standard InChI is InChI=1S/C12H14O4/c1-3-16-11-7-9(4-5-10(11)13)6-8(2)12(14)15/h4-7,13H,3H2,1-2H3,(H,14,15). The molecule has 1 aromatic carbocycles. The molecule has 0 amide bonds. The molecule has 0 saturated heterocycles. The first-order valence-electron chi connectivity index (χ1n) is 4.92. The van der Waals surface area contributed by atoms with Crippen LogP contribution in [0.1, 0.15) is 19.4 Å². The van der Waals surface area contributed by atoms with Crippen molar-refractivity contribution in [3.8, 4) is 11.5 Å². The van der Waals surface area contributed by atoms with Crippen molar-refractivity contribution in [1.29, 1.82) is 0 Å². The smallest absolute Gasteiger partial charge is 0.331 e. The molecule has 0 radical (unpaired) electrons. The van der Waals surface area contributed by atoms with Gasteiger partial charge in [-0.25, -0.2) is 4.79 Å². The first-order chi connectivity index (χ1) is 7.54. The predicted molar refractivity (Wildman–Crippen MR) is 60.6 cm³/mol. The van der Waals surface area contributed by atoms with Crippen molar-refractivity contribution in [3.05, 3.63) is 29.3 Å². The van der Waals surface area contributed by atoms with Crippen LogP contribution in [-0.2, 0) is 4.79 Å². The molecule has 0 heterocycles. The van der Waals surface area contributed by atoms with E-state index in [0.717, 1.165) is 0 Å². The maximum atomic E-state index is 10.6. The zero-order chi connectivity index (χ0) is 12.1. The van der Waals surface area contributed by atoms with Gasteiger partial charge in [-0.2, -0.15) is 0 Å². The van der Waals surface area contributed by atoms with Gasteiger partial charge >= 0.3 is 5.97 Å². The number of carbonyl (C=O) groups is 1. The van der Waals surface area contributed by atoms with Crippen molar-refractivity contribution < 1.29 is 19.7 Å². The summed E-state index contributed by atoms with van der Waals surface area (Å²) in [5, 5.41) is 18.2. The molecule has 0 aromatic heterocycles. The number of rotatable bonds is 4. The lowest BCUT2D eigenvalue weighted by Gasteiger charge is -2.06. The van der Waals surface area contributed by atoms with E-state index in [1.54, 1.807) is 12.1 Å². The van der Waals surface area contributed by atoms with E-state index in [0.29, 0.717) is 17.9 Å². The molecule has 0 bridgehead atoms. The molecule has 0 saturated carbocycles. The number of phenols is 1. The number of aromatic hydroxyl groups is 1. The number of carboxylic acid groups (broad SMARTS) is 1. The van der Waals surface area contributed by atoms with E-state index in [1.807, 2.05) is 6.92 Å². The summed E-state index contributed by atoms with van der Waals surface area (Å²) in [5.41, 5.74) is 0.911. The summed E-state index contributed by atoms with van der Waals surface area (Å²) in [4.78, 5) is 10.6. The predicted octanol–water partition coefficient (Wildman–Crippen LogP) is 2.28. The molecule has 4 heteroatoms. The third-order valence-electron chi connectivity index (χ3n) is 2.00. The topological polar surface area (TPSA) is 66.8 Å². The first-order valence-corrected chi connectivity index (χ1v) is 4.92. The van der Waals surface area contributed by atoms with E-state index in [4.69, 9.17) is 9.84 Å². The third-order valence-corrected chi connectivity index (χ3v) is 2.00. The second kappa shape index (κ2) is 5.21. The SMILES string of the molecule is CCOc1cc(C=C(C)C(=O)O)ccc1O. The van der Waals surface area contributed by atoms with Crippen LogP contribution in [0, 0.1) is 0 Å². The van der Waals surface area contributed by atoms with E-state index in [1.165, 1.54) is 19.1 Å². The number of ether oxygens (including phenoxy) is 1. The summed E-state index contributed by atoms with van der Waals surface area (Å²) in [7, 11) is 0. The minimum Gasteiger partial charge on any atom is -0.504 e. The van der Waals surface area contributed by atoms with Crippen molar-refractivity contribution in [2.45, 2.75) is 13.8 Å². The molecule has 16 heavy (non-hydrogen) atoms. The van der Waals surface area contributed by atoms with E-state index >= 15 is 0 Å². The van der Waals surface area contributed by atoms with Crippen molar-refractivity contribution in [2.24, 2.45) is 0 Å². The zero-order valence-corrected chi connectivity index (χ0v) is 9.23. The van der Waals surface area contributed by atoms with Gasteiger partial charge in [-0.15, -0.1) is 0 Å². The number of hydrogen-bond donors (Lipinski definition) is 2. The Balaban J connectivity index is 3.03. The highest BCUT2D eigenvalue weighted by molar-refractivity contribution is 5.91. The largest absolute Gasteiger partial charge is 0.504 e. The molecule has 0 atom stereocenters. The average molecular weight is 222 g/mol. The Bertz CT molecular complexity index is 421. The molecular formula is C12H14O4. The maximum Gasteiger partial charge on any atom is 0.331 e. The van der Waals surface area contributed by atoms with Gasteiger partial charge in [0.15, 0.2) is 11.5 Å². The van der Waals surface area contributed by atoms with E-state index in [-0.39, 0.29) is 11.3 Å². The van der Waals surface area contributed by atoms with Crippen molar-refractivity contribution in [3.63, 3.8) is 0 Å². The van der Waals surface area contributed by atoms with Crippen LogP contribution in [-0.4, -0.2) is 22.8 Å². The van der Waals surface area contributed by atoms with Crippen LogP contribution in [0.4, 0.5) is 0 Å². The van der Waals surface area contributed by atoms with E-state index < -0.39 is 5.97 Å². The Hall–Kier alpha value is -1.97. The van der Waals surface area contributed by atoms with Gasteiger partial charge in [-0.05, 0) is 37.6 Å². The normalized spacial score (nSPS) is 11.2. The number of benzene rings is 1. The molecule has 86 valence electrons. The van der Waals surface area contributed by atoms with Crippen LogP contribution < -0.4 is 4.74 Å². The fraction of sp³-hybridized carbons (Fsp3) is 0.250. The van der Waals surface area contributed by atoms with Crippen molar-refractivity contribution in [2.75, 3.05) is 6.61 Å². The first kappa shape index (κ1) is 12.1. The van der Waals surface area contributed by atoms with Gasteiger partial charge in [0.05, 0.1) is 6.61 Å². The Kier molecular flexibility index (Phi) is 3.94. The summed E-state index contributed by atoms with van der Waals surface area (Å²) >= 11 is 0. The quantitative estimate of drug-likeness (QED) is 0.767. The maximum absolute atomic E-state index is 10.6. The van der Waals surface area contributed by atoms with Crippen LogP contribution in [0.3, 0.4) is 0 Å². The van der Waals surface area contributed by atoms with Crippen LogP contribution in [0.2, 0.25) is 0 Å². The number of hydrogen-bond acceptors (Lipinski definition) is 3. The van der Waals surface area contributed by atoms with Gasteiger partial charge in [-0.1, -0.05) is 6.07 Å². The van der Waals surface area contributed by atoms with Gasteiger partial charge in [0, 0.05) is 5.57 Å². The van der Waals surface area contributed by atoms with E-state index in [9.17, 15) is 9.90 Å². The van der Waals surface area contributed by atoms with Crippen LogP contribution >= 0.6 is 0 Å². The molecule has 0 unspecified atom stereocenters. The molecule has 4 nitrogen and oxygen atoms in total. The number of carboxylic acids is 1. The van der Waals surface area contributed by atoms with Crippen LogP contribution in [0.5, 0.6) is 11.5 Å². The molecule has 0 aliphatic carbocycles. The van der Waals surface area contributed by atoms with Crippen LogP contribution in [0.25, 0.3) is 6.08 Å². The monoisotopic (exact) mass is 222 g/mol. The fourth-order valence-corrected chi connectivity index (χ4v) is 1.20. The van der Waals surface area contributed by atoms with Gasteiger partial charge in [0.2, 0.25) is 0 Å². The third kappa shape index (κ3) is 3.02. The molecule has 0 aliphatic heterocycles. The summed E-state index contributed by atoms with van der Waals surface area (Å²) < 4.78 is 5.19. The summed E-state index contributed by atoms with van der Waals surface area (Å²) in [6, 6.07) is 4.71. The Labute approximate surface area is 93.8 Å². The molecule has 0 fully saturated rings. The van der Waals surface area contributed by atoms with Gasteiger partial charge in [-0.3, -0.25) is 0 Å². The fourth-order valence-electron chi connectivity index (χ4n) is 1.20. The van der Waals surface area contributed by atoms with Crippen molar-refractivity contribution in [1.82, 2.24) is 0 Å². The lowest BCUT2D eigenvalue weighted by molar-refractivity contribution is -0.132. The lowest BCUT2D eigenvalue weighted by atomic mass is 10.1. The minimum atomic E-state index is -0.967. The van der Waals surface area contributed by atoms with Crippen LogP contribution in [0.15, 0.2) is 23.8 Å². The Morgan fingerprint density at radius 3 is 2.75 bits per heavy atom. The highest BCUT2D eigenvalue weighted by Crippen LogP contribution is 2.27. The second-order valence-electron chi connectivity index (χ2n) is 3.29. The minimum absolute atomic E-state index is 0.0481. The molecule has 0 spiro atoms. The highest BCUT2D eigenvalue weighted by atomic mass is 16.5. The van der Waals surface area contributed by atoms with E-state index in [2.05, 4.69) is 0 Å². The average Bonchev–Trinajstić information content (AvgIpc) is 2.23. The summed E-state index contributed by atoms with van der Waals surface area (Å²) in [6.07, 6.45) is 1.52. The summed E-state index contributed by atoms with van der Waals surface area (Å²) in [5.74, 6) is -0.563. The number of phenolic OH excluding ortho intramolecular Hbond substituents is 1. The van der Waals surface area contributed by atoms with Crippen molar-refractivity contribution >= 4 is 12.0 Å². The molecule has 1 aromatic rings. The Morgan fingerprint density at radius 2 is 2.19 bits per heavy atom. The lowest BCUT2D eigenvalue weighted by Crippen LogP contribution is -1.96. The van der Waals surface area contributed by atoms with Gasteiger partial charge in [0.25, 0.3) is 0 Å². The summed E-state index contributed by atoms with van der Waals surface area (Å²) in [6.45, 7) is 3.76. The molecule has 0 aliphatic rings. The molecule has 2 N–H and O–H groups in total. The van der Waals surface area contributed by atoms with Gasteiger partial charge in [0.1, 0.15) is 0 Å². The zero-order valence-electron chi connectivity index (χ0n) is 9.23. The molecule has 1 rings (SSSR count). The second-order valence-corrected chi connectivity index (χ2v) is 3.29. The van der Waals surface area contributed by atoms with Gasteiger partial charge < -0.3 is 14.9 Å². The highest BCUT2D eigenvalue weighted by Gasteiger charge is 2.04. The number of aliphatic carboxylic acids is 1. The Morgan fingerprint density at radius 1 is 1.50 bits per heavy atom.